The number of carbonyl (C=O) groups excluding carboxylic acids is 3. The Kier molecular flexibility index (Phi) is 8.96. The second-order valence-electron chi connectivity index (χ2n) is 7.63. The molecule has 0 aliphatic carbocycles. The predicted octanol–water partition coefficient (Wildman–Crippen LogP) is 2.83. The molecule has 2 aromatic carbocycles. The predicted molar refractivity (Wildman–Crippen MR) is 129 cm³/mol. The van der Waals surface area contributed by atoms with Gasteiger partial charge in [-0.15, -0.1) is 11.8 Å². The molecule has 1 heterocycles. The molecule has 3 amide bonds. The molecule has 0 spiro atoms. The lowest BCUT2D eigenvalue weighted by atomic mass is 10.1. The van der Waals surface area contributed by atoms with E-state index < -0.39 is 5.50 Å². The number of aryl methyl sites for hydroxylation is 1. The topological polar surface area (TPSA) is 99.3 Å². The Hall–Kier alpha value is -2.55. The van der Waals surface area contributed by atoms with Crippen LogP contribution in [0.3, 0.4) is 0 Å². The van der Waals surface area contributed by atoms with Crippen LogP contribution < -0.4 is 21.3 Å². The first-order valence-electron chi connectivity index (χ1n) is 10.4. The van der Waals surface area contributed by atoms with E-state index in [0.717, 1.165) is 17.5 Å². The third-order valence-electron chi connectivity index (χ3n) is 4.96. The van der Waals surface area contributed by atoms with Crippen molar-refractivity contribution in [2.24, 2.45) is 0 Å². The van der Waals surface area contributed by atoms with Crippen LogP contribution in [0, 0.1) is 6.92 Å². The number of amides is 3. The van der Waals surface area contributed by atoms with Crippen molar-refractivity contribution < 1.29 is 14.4 Å². The van der Waals surface area contributed by atoms with Crippen LogP contribution in [0.5, 0.6) is 0 Å². The van der Waals surface area contributed by atoms with E-state index in [9.17, 15) is 14.4 Å². The molecule has 0 aromatic heterocycles. The van der Waals surface area contributed by atoms with Crippen LogP contribution in [0.25, 0.3) is 0 Å². The van der Waals surface area contributed by atoms with Gasteiger partial charge in [-0.05, 0) is 36.6 Å². The number of benzene rings is 2. The minimum absolute atomic E-state index is 0.106. The van der Waals surface area contributed by atoms with E-state index in [1.54, 1.807) is 12.1 Å². The third-order valence-corrected chi connectivity index (χ3v) is 6.38. The van der Waals surface area contributed by atoms with Crippen LogP contribution in [0.2, 0.25) is 5.02 Å². The summed E-state index contributed by atoms with van der Waals surface area (Å²) in [5.74, 6) is -0.314. The molecular weight excluding hydrogens is 448 g/mol. The smallest absolute Gasteiger partial charge is 0.234 e. The number of halogens is 1. The first kappa shape index (κ1) is 24.1. The number of hydrogen-bond acceptors (Lipinski definition) is 5. The van der Waals surface area contributed by atoms with Crippen LogP contribution in [-0.2, 0) is 20.8 Å². The molecule has 2 unspecified atom stereocenters. The van der Waals surface area contributed by atoms with Crippen LogP contribution in [0.15, 0.2) is 48.5 Å². The molecular formula is C23H27ClN4O3S. The molecule has 32 heavy (non-hydrogen) atoms. The molecule has 7 nitrogen and oxygen atoms in total. The van der Waals surface area contributed by atoms with Crippen molar-refractivity contribution in [3.05, 3.63) is 64.7 Å². The van der Waals surface area contributed by atoms with Gasteiger partial charge in [-0.25, -0.2) is 0 Å². The number of nitrogens with one attached hydrogen (secondary N) is 4. The van der Waals surface area contributed by atoms with E-state index in [1.165, 1.54) is 11.8 Å². The van der Waals surface area contributed by atoms with Gasteiger partial charge in [-0.1, -0.05) is 48.0 Å². The summed E-state index contributed by atoms with van der Waals surface area (Å²) < 4.78 is 0. The Morgan fingerprint density at radius 2 is 1.94 bits per heavy atom. The third kappa shape index (κ3) is 7.85. The summed E-state index contributed by atoms with van der Waals surface area (Å²) in [7, 11) is 0. The van der Waals surface area contributed by atoms with Gasteiger partial charge in [0.05, 0.1) is 5.75 Å². The summed E-state index contributed by atoms with van der Waals surface area (Å²) in [5.41, 5.74) is 2.27. The molecule has 2 atom stereocenters. The summed E-state index contributed by atoms with van der Waals surface area (Å²) in [6, 6.07) is 15.0. The maximum Gasteiger partial charge on any atom is 0.234 e. The Labute approximate surface area is 197 Å². The van der Waals surface area contributed by atoms with Gasteiger partial charge in [-0.2, -0.15) is 0 Å². The average Bonchev–Trinajstić information content (AvgIpc) is 2.75. The lowest BCUT2D eigenvalue weighted by Crippen LogP contribution is -2.56. The Balaban J connectivity index is 1.40. The van der Waals surface area contributed by atoms with Crippen LogP contribution in [0.1, 0.15) is 24.0 Å². The number of rotatable bonds is 9. The molecule has 2 aromatic rings. The molecule has 0 radical (unpaired) electrons. The van der Waals surface area contributed by atoms with Gasteiger partial charge in [0.15, 0.2) is 0 Å². The monoisotopic (exact) mass is 474 g/mol. The molecule has 0 saturated carbocycles. The fraction of sp³-hybridized carbons (Fsp3) is 0.348. The van der Waals surface area contributed by atoms with Crippen LogP contribution >= 0.6 is 23.4 Å². The van der Waals surface area contributed by atoms with Crippen molar-refractivity contribution in [1.82, 2.24) is 16.0 Å². The van der Waals surface area contributed by atoms with Gasteiger partial charge in [0.2, 0.25) is 17.7 Å². The van der Waals surface area contributed by atoms with Crippen LogP contribution in [-0.4, -0.2) is 41.6 Å². The molecule has 4 N–H and O–H groups in total. The van der Waals surface area contributed by atoms with Gasteiger partial charge in [0.25, 0.3) is 0 Å². The van der Waals surface area contributed by atoms with E-state index in [-0.39, 0.29) is 42.4 Å². The van der Waals surface area contributed by atoms with Gasteiger partial charge >= 0.3 is 0 Å². The first-order chi connectivity index (χ1) is 15.4. The van der Waals surface area contributed by atoms with E-state index in [2.05, 4.69) is 21.3 Å². The highest BCUT2D eigenvalue weighted by atomic mass is 35.5. The fourth-order valence-electron chi connectivity index (χ4n) is 3.28. The molecule has 1 aliphatic rings. The number of hydrogen-bond donors (Lipinski definition) is 4. The summed E-state index contributed by atoms with van der Waals surface area (Å²) in [5, 5.41) is 12.3. The minimum atomic E-state index is -0.439. The molecule has 1 fully saturated rings. The zero-order chi connectivity index (χ0) is 22.9. The Bertz CT molecular complexity index is 958. The Morgan fingerprint density at radius 3 is 2.69 bits per heavy atom. The lowest BCUT2D eigenvalue weighted by Gasteiger charge is -2.30. The Morgan fingerprint density at radius 1 is 1.16 bits per heavy atom. The van der Waals surface area contributed by atoms with Crippen molar-refractivity contribution >= 4 is 46.8 Å². The highest BCUT2D eigenvalue weighted by Gasteiger charge is 2.28. The van der Waals surface area contributed by atoms with E-state index >= 15 is 0 Å². The first-order valence-corrected chi connectivity index (χ1v) is 11.9. The number of thioether (sulfide) groups is 1. The highest BCUT2D eigenvalue weighted by molar-refractivity contribution is 8.00. The fourth-order valence-corrected chi connectivity index (χ4v) is 4.35. The lowest BCUT2D eigenvalue weighted by molar-refractivity contribution is -0.125. The second-order valence-corrected chi connectivity index (χ2v) is 9.13. The standard InChI is InChI=1S/C23H27ClN4O3S/c1-15-7-8-17(11-19(15)24)26-22(31)14-32-23-27-18(13-21(30)28-23)12-20(29)25-10-9-16-5-3-2-4-6-16/h2-8,11,18,23,27H,9-10,12-14H2,1H3,(H,25,29)(H,26,31)(H,28,30). The van der Waals surface area contributed by atoms with Crippen molar-refractivity contribution in [3.63, 3.8) is 0 Å². The second kappa shape index (κ2) is 11.9. The molecule has 3 rings (SSSR count). The van der Waals surface area contributed by atoms with Gasteiger partial charge in [0.1, 0.15) is 5.50 Å². The maximum absolute atomic E-state index is 12.3. The zero-order valence-corrected chi connectivity index (χ0v) is 19.4. The van der Waals surface area contributed by atoms with Crippen molar-refractivity contribution in [1.29, 1.82) is 0 Å². The summed E-state index contributed by atoms with van der Waals surface area (Å²) >= 11 is 7.35. The largest absolute Gasteiger partial charge is 0.356 e. The van der Waals surface area contributed by atoms with E-state index in [1.807, 2.05) is 43.3 Å². The van der Waals surface area contributed by atoms with Gasteiger partial charge in [0, 0.05) is 36.1 Å². The molecule has 170 valence electrons. The van der Waals surface area contributed by atoms with Crippen molar-refractivity contribution in [2.75, 3.05) is 17.6 Å². The van der Waals surface area contributed by atoms with E-state index in [4.69, 9.17) is 11.6 Å². The minimum Gasteiger partial charge on any atom is -0.356 e. The summed E-state index contributed by atoms with van der Waals surface area (Å²) in [4.78, 5) is 36.6. The van der Waals surface area contributed by atoms with Gasteiger partial charge in [-0.3, -0.25) is 19.7 Å². The number of carbonyl (C=O) groups is 3. The molecule has 0 bridgehead atoms. The summed E-state index contributed by atoms with van der Waals surface area (Å²) in [6.07, 6.45) is 1.18. The van der Waals surface area contributed by atoms with Crippen molar-refractivity contribution in [2.45, 2.75) is 37.7 Å². The molecule has 1 saturated heterocycles. The maximum atomic E-state index is 12.3. The molecule has 1 aliphatic heterocycles. The number of anilines is 1. The zero-order valence-electron chi connectivity index (χ0n) is 17.8. The average molecular weight is 475 g/mol. The normalized spacial score (nSPS) is 18.0. The quantitative estimate of drug-likeness (QED) is 0.448. The SMILES string of the molecule is Cc1ccc(NC(=O)CSC2NC(=O)CC(CC(=O)NCCc3ccccc3)N2)cc1Cl. The van der Waals surface area contributed by atoms with E-state index in [0.29, 0.717) is 17.3 Å². The summed E-state index contributed by atoms with van der Waals surface area (Å²) in [6.45, 7) is 2.43. The van der Waals surface area contributed by atoms with Crippen molar-refractivity contribution in [3.8, 4) is 0 Å². The van der Waals surface area contributed by atoms with Gasteiger partial charge < -0.3 is 16.0 Å². The molecule has 9 heteroatoms. The van der Waals surface area contributed by atoms with Crippen LogP contribution in [0.4, 0.5) is 5.69 Å². The highest BCUT2D eigenvalue weighted by Crippen LogP contribution is 2.20.